The first kappa shape index (κ1) is 14.6. The van der Waals surface area contributed by atoms with E-state index in [0.717, 1.165) is 19.1 Å². The summed E-state index contributed by atoms with van der Waals surface area (Å²) in [5.74, 6) is 0. The average Bonchev–Trinajstić information content (AvgIpc) is 3.14. The molecule has 2 saturated carbocycles. The van der Waals surface area contributed by atoms with E-state index < -0.39 is 0 Å². The Hall–Kier alpha value is -0.380. The SMILES string of the molecule is CC1(C)CCC(CN)(N(Cc2cccs2)C2CC2)CC1. The van der Waals surface area contributed by atoms with Crippen LogP contribution in [0.25, 0.3) is 0 Å². The van der Waals surface area contributed by atoms with Crippen molar-refractivity contribution in [2.45, 2.75) is 70.5 Å². The van der Waals surface area contributed by atoms with Gasteiger partial charge in [-0.25, -0.2) is 0 Å². The van der Waals surface area contributed by atoms with Crippen LogP contribution in [0.5, 0.6) is 0 Å². The predicted octanol–water partition coefficient (Wildman–Crippen LogP) is 4.01. The smallest absolute Gasteiger partial charge is 0.0338 e. The van der Waals surface area contributed by atoms with E-state index in [-0.39, 0.29) is 5.54 Å². The van der Waals surface area contributed by atoms with Crippen LogP contribution >= 0.6 is 11.3 Å². The van der Waals surface area contributed by atoms with Crippen molar-refractivity contribution >= 4 is 11.3 Å². The van der Waals surface area contributed by atoms with Crippen molar-refractivity contribution < 1.29 is 0 Å². The van der Waals surface area contributed by atoms with Crippen LogP contribution in [0, 0.1) is 5.41 Å². The molecule has 20 heavy (non-hydrogen) atoms. The van der Waals surface area contributed by atoms with Crippen molar-refractivity contribution in [3.63, 3.8) is 0 Å². The first-order valence-electron chi connectivity index (χ1n) is 8.04. The van der Waals surface area contributed by atoms with E-state index >= 15 is 0 Å². The Morgan fingerprint density at radius 1 is 1.25 bits per heavy atom. The van der Waals surface area contributed by atoms with E-state index in [2.05, 4.69) is 36.3 Å². The standard InChI is InChI=1S/C17H28N2S/c1-16(2)7-9-17(13-18,10-8-16)19(14-5-6-14)12-15-4-3-11-20-15/h3-4,11,14H,5-10,12-13,18H2,1-2H3. The Kier molecular flexibility index (Phi) is 3.95. The van der Waals surface area contributed by atoms with Crippen molar-refractivity contribution in [1.29, 1.82) is 0 Å². The van der Waals surface area contributed by atoms with Gasteiger partial charge in [0.15, 0.2) is 0 Å². The highest BCUT2D eigenvalue weighted by atomic mass is 32.1. The number of hydrogen-bond acceptors (Lipinski definition) is 3. The van der Waals surface area contributed by atoms with E-state index in [1.165, 1.54) is 43.4 Å². The Morgan fingerprint density at radius 3 is 2.45 bits per heavy atom. The number of nitrogens with two attached hydrogens (primary N) is 1. The van der Waals surface area contributed by atoms with Crippen LogP contribution in [0.3, 0.4) is 0 Å². The van der Waals surface area contributed by atoms with Gasteiger partial charge in [0, 0.05) is 29.5 Å². The number of nitrogens with zero attached hydrogens (tertiary/aromatic N) is 1. The molecule has 2 N–H and O–H groups in total. The van der Waals surface area contributed by atoms with Crippen LogP contribution in [0.15, 0.2) is 17.5 Å². The second-order valence-corrected chi connectivity index (χ2v) is 8.56. The Bertz CT molecular complexity index is 424. The monoisotopic (exact) mass is 292 g/mol. The number of thiophene rings is 1. The van der Waals surface area contributed by atoms with Crippen molar-refractivity contribution in [2.24, 2.45) is 11.1 Å². The first-order chi connectivity index (χ1) is 9.55. The molecule has 1 heterocycles. The van der Waals surface area contributed by atoms with Gasteiger partial charge >= 0.3 is 0 Å². The molecule has 112 valence electrons. The summed E-state index contributed by atoms with van der Waals surface area (Å²) >= 11 is 1.89. The zero-order chi connectivity index (χ0) is 14.2. The molecule has 3 rings (SSSR count). The molecule has 0 saturated heterocycles. The molecular weight excluding hydrogens is 264 g/mol. The normalized spacial score (nSPS) is 25.0. The molecule has 0 spiro atoms. The van der Waals surface area contributed by atoms with Gasteiger partial charge in [-0.2, -0.15) is 0 Å². The Morgan fingerprint density at radius 2 is 1.95 bits per heavy atom. The van der Waals surface area contributed by atoms with Gasteiger partial charge in [-0.3, -0.25) is 4.90 Å². The molecular formula is C17H28N2S. The summed E-state index contributed by atoms with van der Waals surface area (Å²) in [7, 11) is 0. The summed E-state index contributed by atoms with van der Waals surface area (Å²) in [6.07, 6.45) is 7.93. The van der Waals surface area contributed by atoms with E-state index in [1.54, 1.807) is 0 Å². The molecule has 2 nitrogen and oxygen atoms in total. The van der Waals surface area contributed by atoms with E-state index in [4.69, 9.17) is 5.73 Å². The average molecular weight is 292 g/mol. The zero-order valence-corrected chi connectivity index (χ0v) is 13.7. The fourth-order valence-corrected chi connectivity index (χ4v) is 4.34. The molecule has 2 aliphatic carbocycles. The lowest BCUT2D eigenvalue weighted by Crippen LogP contribution is -2.57. The van der Waals surface area contributed by atoms with Gasteiger partial charge in [0.05, 0.1) is 0 Å². The third-order valence-corrected chi connectivity index (χ3v) is 6.28. The summed E-state index contributed by atoms with van der Waals surface area (Å²) in [5.41, 5.74) is 7.06. The predicted molar refractivity (Wildman–Crippen MR) is 86.9 cm³/mol. The van der Waals surface area contributed by atoms with Crippen molar-refractivity contribution in [3.8, 4) is 0 Å². The fraction of sp³-hybridized carbons (Fsp3) is 0.765. The second kappa shape index (κ2) is 5.43. The molecule has 2 aliphatic rings. The van der Waals surface area contributed by atoms with Gasteiger partial charge in [0.25, 0.3) is 0 Å². The molecule has 0 radical (unpaired) electrons. The molecule has 0 aliphatic heterocycles. The molecule has 0 amide bonds. The maximum Gasteiger partial charge on any atom is 0.0338 e. The van der Waals surface area contributed by atoms with Crippen LogP contribution in [0.1, 0.15) is 57.2 Å². The van der Waals surface area contributed by atoms with Gasteiger partial charge in [0.1, 0.15) is 0 Å². The quantitative estimate of drug-likeness (QED) is 0.888. The topological polar surface area (TPSA) is 29.3 Å². The van der Waals surface area contributed by atoms with Gasteiger partial charge in [-0.05, 0) is 55.4 Å². The second-order valence-electron chi connectivity index (χ2n) is 7.53. The summed E-state index contributed by atoms with van der Waals surface area (Å²) < 4.78 is 0. The number of hydrogen-bond donors (Lipinski definition) is 1. The number of rotatable bonds is 5. The lowest BCUT2D eigenvalue weighted by Gasteiger charge is -2.50. The molecule has 3 heteroatoms. The van der Waals surface area contributed by atoms with Crippen LogP contribution in [-0.4, -0.2) is 23.0 Å². The molecule has 2 fully saturated rings. The summed E-state index contributed by atoms with van der Waals surface area (Å²) in [5, 5.41) is 2.19. The van der Waals surface area contributed by atoms with Crippen molar-refractivity contribution in [2.75, 3.05) is 6.54 Å². The van der Waals surface area contributed by atoms with Crippen LogP contribution in [0.2, 0.25) is 0 Å². The molecule has 1 aromatic rings. The Labute approximate surface area is 127 Å². The lowest BCUT2D eigenvalue weighted by molar-refractivity contribution is 0.0113. The summed E-state index contributed by atoms with van der Waals surface area (Å²) in [6, 6.07) is 5.24. The largest absolute Gasteiger partial charge is 0.329 e. The fourth-order valence-electron chi connectivity index (χ4n) is 3.64. The van der Waals surface area contributed by atoms with Crippen LogP contribution < -0.4 is 5.73 Å². The third-order valence-electron chi connectivity index (χ3n) is 5.42. The first-order valence-corrected chi connectivity index (χ1v) is 8.92. The third kappa shape index (κ3) is 2.95. The Balaban J connectivity index is 1.78. The van der Waals surface area contributed by atoms with Crippen molar-refractivity contribution in [1.82, 2.24) is 4.90 Å². The van der Waals surface area contributed by atoms with Crippen molar-refractivity contribution in [3.05, 3.63) is 22.4 Å². The highest BCUT2D eigenvalue weighted by molar-refractivity contribution is 7.09. The zero-order valence-electron chi connectivity index (χ0n) is 12.9. The van der Waals surface area contributed by atoms with Crippen LogP contribution in [-0.2, 0) is 6.54 Å². The van der Waals surface area contributed by atoms with E-state index in [9.17, 15) is 0 Å². The highest BCUT2D eigenvalue weighted by Gasteiger charge is 2.46. The van der Waals surface area contributed by atoms with E-state index in [1.807, 2.05) is 11.3 Å². The summed E-state index contributed by atoms with van der Waals surface area (Å²) in [4.78, 5) is 4.27. The maximum absolute atomic E-state index is 6.28. The molecule has 0 unspecified atom stereocenters. The molecule has 0 aromatic carbocycles. The van der Waals surface area contributed by atoms with Gasteiger partial charge in [-0.1, -0.05) is 19.9 Å². The molecule has 0 bridgehead atoms. The molecule has 0 atom stereocenters. The van der Waals surface area contributed by atoms with E-state index in [0.29, 0.717) is 5.41 Å². The van der Waals surface area contributed by atoms with Crippen LogP contribution in [0.4, 0.5) is 0 Å². The minimum absolute atomic E-state index is 0.265. The van der Waals surface area contributed by atoms with Gasteiger partial charge < -0.3 is 5.73 Å². The maximum atomic E-state index is 6.28. The minimum atomic E-state index is 0.265. The molecule has 1 aromatic heterocycles. The highest BCUT2D eigenvalue weighted by Crippen LogP contribution is 2.46. The van der Waals surface area contributed by atoms with Gasteiger partial charge in [0.2, 0.25) is 0 Å². The van der Waals surface area contributed by atoms with Gasteiger partial charge in [-0.15, -0.1) is 11.3 Å². The lowest BCUT2D eigenvalue weighted by atomic mass is 9.68. The minimum Gasteiger partial charge on any atom is -0.329 e. The summed E-state index contributed by atoms with van der Waals surface area (Å²) in [6.45, 7) is 6.76.